The quantitative estimate of drug-likeness (QED) is 0.357. The summed E-state index contributed by atoms with van der Waals surface area (Å²) in [6, 6.07) is 11.4. The molecule has 0 N–H and O–H groups in total. The third-order valence-electron chi connectivity index (χ3n) is 3.22. The highest BCUT2D eigenvalue weighted by atomic mass is 16.6. The third kappa shape index (κ3) is 3.97. The molecule has 2 aromatic rings. The van der Waals surface area contributed by atoms with Gasteiger partial charge in [-0.2, -0.15) is 5.11 Å². The minimum atomic E-state index is -0.573. The van der Waals surface area contributed by atoms with Crippen molar-refractivity contribution in [2.24, 2.45) is 10.2 Å². The normalized spacial score (nSPS) is 10.7. The van der Waals surface area contributed by atoms with Crippen LogP contribution in [-0.2, 0) is 0 Å². The Morgan fingerprint density at radius 1 is 1.09 bits per heavy atom. The molecule has 7 nitrogen and oxygen atoms in total. The number of hydrogen-bond donors (Lipinski definition) is 0. The molecule has 118 valence electrons. The lowest BCUT2D eigenvalue weighted by Gasteiger charge is -2.11. The molecule has 0 aromatic heterocycles. The molecule has 0 radical (unpaired) electrons. The summed E-state index contributed by atoms with van der Waals surface area (Å²) in [5, 5.41) is 19.1. The molecule has 0 unspecified atom stereocenters. The van der Waals surface area contributed by atoms with Crippen molar-refractivity contribution >= 4 is 28.5 Å². The van der Waals surface area contributed by atoms with Crippen molar-refractivity contribution in [3.63, 3.8) is 0 Å². The van der Waals surface area contributed by atoms with Crippen LogP contribution in [0.25, 0.3) is 0 Å². The van der Waals surface area contributed by atoms with Crippen molar-refractivity contribution < 1.29 is 9.72 Å². The molecule has 0 heterocycles. The van der Waals surface area contributed by atoms with Crippen molar-refractivity contribution in [2.75, 3.05) is 19.0 Å². The fraction of sp³-hybridized carbons (Fsp3) is 0.188. The topological polar surface area (TPSA) is 88.2 Å². The zero-order valence-corrected chi connectivity index (χ0v) is 13.1. The number of nitrogens with zero attached hydrogens (tertiary/aromatic N) is 4. The van der Waals surface area contributed by atoms with Crippen molar-refractivity contribution in [1.82, 2.24) is 0 Å². The van der Waals surface area contributed by atoms with Gasteiger partial charge in [-0.3, -0.25) is 14.9 Å². The van der Waals surface area contributed by atoms with Gasteiger partial charge in [0.05, 0.1) is 10.6 Å². The number of hydrogen-bond acceptors (Lipinski definition) is 6. The lowest BCUT2D eigenvalue weighted by atomic mass is 10.1. The molecule has 0 fully saturated rings. The highest BCUT2D eigenvalue weighted by Gasteiger charge is 2.16. The predicted octanol–water partition coefficient (Wildman–Crippen LogP) is 4.28. The van der Waals surface area contributed by atoms with Gasteiger partial charge in [0, 0.05) is 31.4 Å². The van der Waals surface area contributed by atoms with Crippen molar-refractivity contribution in [3.05, 3.63) is 58.1 Å². The monoisotopic (exact) mass is 312 g/mol. The van der Waals surface area contributed by atoms with E-state index >= 15 is 0 Å². The average Bonchev–Trinajstić information content (AvgIpc) is 2.52. The van der Waals surface area contributed by atoms with E-state index < -0.39 is 4.92 Å². The first kappa shape index (κ1) is 16.3. The summed E-state index contributed by atoms with van der Waals surface area (Å²) >= 11 is 0. The SMILES string of the molecule is CC(=O)c1ccc(/N=N/c2ccc(N(C)C)cc2)c([N+](=O)[O-])c1. The van der Waals surface area contributed by atoms with Crippen molar-refractivity contribution in [1.29, 1.82) is 0 Å². The molecule has 2 rings (SSSR count). The molecule has 7 heteroatoms. The summed E-state index contributed by atoms with van der Waals surface area (Å²) in [4.78, 5) is 23.8. The van der Waals surface area contributed by atoms with Crippen LogP contribution < -0.4 is 4.90 Å². The molecule has 0 saturated heterocycles. The van der Waals surface area contributed by atoms with E-state index in [1.807, 2.05) is 31.1 Å². The van der Waals surface area contributed by atoms with Gasteiger partial charge in [-0.25, -0.2) is 0 Å². The maximum absolute atomic E-state index is 11.3. The first-order valence-corrected chi connectivity index (χ1v) is 6.87. The fourth-order valence-corrected chi connectivity index (χ4v) is 1.90. The van der Waals surface area contributed by atoms with E-state index in [0.29, 0.717) is 5.69 Å². The highest BCUT2D eigenvalue weighted by Crippen LogP contribution is 2.30. The number of azo groups is 1. The van der Waals surface area contributed by atoms with Crippen LogP contribution in [0.5, 0.6) is 0 Å². The number of benzene rings is 2. The molecule has 0 aliphatic heterocycles. The standard InChI is InChI=1S/C16H16N4O3/c1-11(21)12-4-9-15(16(10-12)20(22)23)18-17-13-5-7-14(8-6-13)19(2)3/h4-10H,1-3H3/b18-17+. The molecule has 0 saturated carbocycles. The van der Waals surface area contributed by atoms with Crippen LogP contribution in [-0.4, -0.2) is 24.8 Å². The van der Waals surface area contributed by atoms with Crippen LogP contribution in [0, 0.1) is 10.1 Å². The molecular formula is C16H16N4O3. The smallest absolute Gasteiger partial charge is 0.297 e. The molecule has 0 atom stereocenters. The van der Waals surface area contributed by atoms with Gasteiger partial charge < -0.3 is 4.90 Å². The lowest BCUT2D eigenvalue weighted by Crippen LogP contribution is -2.07. The van der Waals surface area contributed by atoms with Crippen LogP contribution >= 0.6 is 0 Å². The number of carbonyl (C=O) groups excluding carboxylic acids is 1. The van der Waals surface area contributed by atoms with Gasteiger partial charge in [0.25, 0.3) is 5.69 Å². The number of nitro groups is 1. The molecule has 0 aliphatic carbocycles. The minimum absolute atomic E-state index is 0.108. The Labute approximate surface area is 133 Å². The first-order valence-electron chi connectivity index (χ1n) is 6.87. The van der Waals surface area contributed by atoms with Crippen molar-refractivity contribution in [3.8, 4) is 0 Å². The van der Waals surface area contributed by atoms with E-state index in [-0.39, 0.29) is 22.7 Å². The van der Waals surface area contributed by atoms with E-state index in [0.717, 1.165) is 5.69 Å². The Morgan fingerprint density at radius 2 is 1.74 bits per heavy atom. The van der Waals surface area contributed by atoms with Crippen LogP contribution in [0.15, 0.2) is 52.7 Å². The molecular weight excluding hydrogens is 296 g/mol. The molecule has 0 spiro atoms. The van der Waals surface area contributed by atoms with Crippen LogP contribution in [0.1, 0.15) is 17.3 Å². The van der Waals surface area contributed by atoms with E-state index in [9.17, 15) is 14.9 Å². The maximum Gasteiger partial charge on any atom is 0.297 e. The minimum Gasteiger partial charge on any atom is -0.378 e. The lowest BCUT2D eigenvalue weighted by molar-refractivity contribution is -0.384. The first-order chi connectivity index (χ1) is 10.9. The summed E-state index contributed by atoms with van der Waals surface area (Å²) in [6.45, 7) is 1.35. The summed E-state index contributed by atoms with van der Waals surface area (Å²) in [7, 11) is 3.85. The van der Waals surface area contributed by atoms with E-state index in [4.69, 9.17) is 0 Å². The molecule has 0 bridgehead atoms. The number of nitro benzene ring substituents is 1. The second-order valence-corrected chi connectivity index (χ2v) is 5.13. The number of anilines is 1. The molecule has 2 aromatic carbocycles. The zero-order chi connectivity index (χ0) is 17.0. The van der Waals surface area contributed by atoms with Crippen LogP contribution in [0.4, 0.5) is 22.7 Å². The Hall–Kier alpha value is -3.09. The molecule has 23 heavy (non-hydrogen) atoms. The van der Waals surface area contributed by atoms with Gasteiger partial charge in [-0.1, -0.05) is 0 Å². The largest absolute Gasteiger partial charge is 0.378 e. The van der Waals surface area contributed by atoms with Crippen LogP contribution in [0.3, 0.4) is 0 Å². The molecule has 0 aliphatic rings. The van der Waals surface area contributed by atoms with Crippen molar-refractivity contribution in [2.45, 2.75) is 6.92 Å². The summed E-state index contributed by atoms with van der Waals surface area (Å²) < 4.78 is 0. The Balaban J connectivity index is 2.31. The Kier molecular flexibility index (Phi) is 4.80. The van der Waals surface area contributed by atoms with Crippen LogP contribution in [0.2, 0.25) is 0 Å². The number of carbonyl (C=O) groups is 1. The van der Waals surface area contributed by atoms with Gasteiger partial charge in [-0.05, 0) is 43.3 Å². The average molecular weight is 312 g/mol. The summed E-state index contributed by atoms with van der Waals surface area (Å²) in [6.07, 6.45) is 0. The second kappa shape index (κ2) is 6.78. The predicted molar refractivity (Wildman–Crippen MR) is 88.0 cm³/mol. The third-order valence-corrected chi connectivity index (χ3v) is 3.22. The number of rotatable bonds is 5. The maximum atomic E-state index is 11.3. The number of ketones is 1. The fourth-order valence-electron chi connectivity index (χ4n) is 1.90. The highest BCUT2D eigenvalue weighted by molar-refractivity contribution is 5.95. The Bertz CT molecular complexity index is 767. The van der Waals surface area contributed by atoms with Gasteiger partial charge >= 0.3 is 0 Å². The van der Waals surface area contributed by atoms with Gasteiger partial charge in [0.1, 0.15) is 0 Å². The second-order valence-electron chi connectivity index (χ2n) is 5.13. The van der Waals surface area contributed by atoms with E-state index in [1.54, 1.807) is 12.1 Å². The molecule has 0 amide bonds. The van der Waals surface area contributed by atoms with Gasteiger partial charge in [0.15, 0.2) is 11.5 Å². The Morgan fingerprint density at radius 3 is 2.26 bits per heavy atom. The van der Waals surface area contributed by atoms with Gasteiger partial charge in [0.2, 0.25) is 0 Å². The van der Waals surface area contributed by atoms with Gasteiger partial charge in [-0.15, -0.1) is 5.11 Å². The summed E-state index contributed by atoms with van der Waals surface area (Å²) in [5.74, 6) is -0.240. The van der Waals surface area contributed by atoms with E-state index in [2.05, 4.69) is 10.2 Å². The summed E-state index contributed by atoms with van der Waals surface area (Å²) in [5.41, 5.74) is 1.73. The zero-order valence-electron chi connectivity index (χ0n) is 13.1. The van der Waals surface area contributed by atoms with E-state index in [1.165, 1.54) is 25.1 Å². The number of Topliss-reactive ketones (excluding diaryl/α,β-unsaturated/α-hetero) is 1.